The van der Waals surface area contributed by atoms with Crippen molar-refractivity contribution < 1.29 is 4.79 Å². The smallest absolute Gasteiger partial charge is 0.254 e. The third-order valence-electron chi connectivity index (χ3n) is 4.50. The first-order valence-electron chi connectivity index (χ1n) is 7.88. The Morgan fingerprint density at radius 1 is 1.38 bits per heavy atom. The molecule has 0 saturated carbocycles. The molecule has 2 fully saturated rings. The number of anilines is 1. The molecule has 2 aliphatic heterocycles. The number of amides is 1. The molecule has 5 heteroatoms. The van der Waals surface area contributed by atoms with Crippen LogP contribution >= 0.6 is 0 Å². The lowest BCUT2D eigenvalue weighted by Crippen LogP contribution is -2.52. The molecule has 0 bridgehead atoms. The fourth-order valence-corrected chi connectivity index (χ4v) is 3.18. The maximum Gasteiger partial charge on any atom is 0.254 e. The van der Waals surface area contributed by atoms with Gasteiger partial charge in [0.25, 0.3) is 5.91 Å². The van der Waals surface area contributed by atoms with Gasteiger partial charge in [-0.25, -0.2) is 4.98 Å². The molecule has 1 amide bonds. The Labute approximate surface area is 126 Å². The summed E-state index contributed by atoms with van der Waals surface area (Å²) in [5, 5.41) is 3.32. The number of carbonyl (C=O) groups excluding carboxylic acids is 1. The average Bonchev–Trinajstić information content (AvgIpc) is 2.94. The summed E-state index contributed by atoms with van der Waals surface area (Å²) < 4.78 is 0. The van der Waals surface area contributed by atoms with Crippen molar-refractivity contribution in [2.45, 2.75) is 26.3 Å². The zero-order valence-corrected chi connectivity index (χ0v) is 12.9. The first kappa shape index (κ1) is 14.3. The molecule has 0 radical (unpaired) electrons. The second kappa shape index (κ2) is 6.02. The molecule has 1 aromatic rings. The summed E-state index contributed by atoms with van der Waals surface area (Å²) in [6, 6.07) is 4.03. The molecule has 1 aromatic heterocycles. The van der Waals surface area contributed by atoms with Crippen LogP contribution in [0.5, 0.6) is 0 Å². The van der Waals surface area contributed by atoms with Crippen LogP contribution in [-0.4, -0.2) is 54.6 Å². The van der Waals surface area contributed by atoms with E-state index >= 15 is 0 Å². The lowest BCUT2D eigenvalue weighted by molar-refractivity contribution is 0.0655. The lowest BCUT2D eigenvalue weighted by atomic mass is 10.1. The fraction of sp³-hybridized carbons (Fsp3) is 0.625. The maximum absolute atomic E-state index is 12.7. The zero-order valence-electron chi connectivity index (χ0n) is 12.9. The normalized spacial score (nSPS) is 26.2. The summed E-state index contributed by atoms with van der Waals surface area (Å²) in [7, 11) is 0. The predicted molar refractivity (Wildman–Crippen MR) is 83.6 cm³/mol. The van der Waals surface area contributed by atoms with Crippen LogP contribution in [0.3, 0.4) is 0 Å². The Hall–Kier alpha value is -1.62. The fourth-order valence-electron chi connectivity index (χ4n) is 3.18. The van der Waals surface area contributed by atoms with E-state index in [1.165, 1.54) is 6.42 Å². The number of aromatic nitrogens is 1. The molecule has 3 heterocycles. The van der Waals surface area contributed by atoms with Crippen molar-refractivity contribution in [3.8, 4) is 0 Å². The highest BCUT2D eigenvalue weighted by Crippen LogP contribution is 2.23. The molecule has 2 saturated heterocycles. The molecule has 3 rings (SSSR count). The van der Waals surface area contributed by atoms with E-state index < -0.39 is 0 Å². The number of carbonyl (C=O) groups is 1. The molecule has 1 N–H and O–H groups in total. The average molecular weight is 288 g/mol. The zero-order chi connectivity index (χ0) is 14.8. The molecule has 114 valence electrons. The highest BCUT2D eigenvalue weighted by atomic mass is 16.2. The number of nitrogens with one attached hydrogen (secondary N) is 1. The maximum atomic E-state index is 12.7. The standard InChI is InChI=1S/C16H24N4O/c1-12-4-7-19(11-12)15-9-14(3-5-18-15)16(21)20-8-6-17-10-13(20)2/h3,5,9,12-13,17H,4,6-8,10-11H2,1-2H3/t12?,13-/m0/s1. The molecule has 1 unspecified atom stereocenters. The summed E-state index contributed by atoms with van der Waals surface area (Å²) >= 11 is 0. The van der Waals surface area contributed by atoms with E-state index in [0.29, 0.717) is 5.92 Å². The summed E-state index contributed by atoms with van der Waals surface area (Å²) in [6.45, 7) is 8.94. The Kier molecular flexibility index (Phi) is 4.10. The van der Waals surface area contributed by atoms with Crippen molar-refractivity contribution >= 4 is 11.7 Å². The van der Waals surface area contributed by atoms with E-state index in [2.05, 4.69) is 29.0 Å². The van der Waals surface area contributed by atoms with Gasteiger partial charge in [-0.15, -0.1) is 0 Å². The highest BCUT2D eigenvalue weighted by Gasteiger charge is 2.25. The Balaban J connectivity index is 1.77. The minimum atomic E-state index is 0.125. The van der Waals surface area contributed by atoms with Crippen LogP contribution in [0, 0.1) is 5.92 Å². The Morgan fingerprint density at radius 2 is 2.24 bits per heavy atom. The van der Waals surface area contributed by atoms with Crippen LogP contribution in [-0.2, 0) is 0 Å². The van der Waals surface area contributed by atoms with Crippen molar-refractivity contribution in [1.82, 2.24) is 15.2 Å². The minimum absolute atomic E-state index is 0.125. The number of hydrogen-bond donors (Lipinski definition) is 1. The molecule has 5 nitrogen and oxygen atoms in total. The van der Waals surface area contributed by atoms with Gasteiger partial charge in [-0.3, -0.25) is 4.79 Å². The third-order valence-corrected chi connectivity index (χ3v) is 4.50. The van der Waals surface area contributed by atoms with E-state index in [9.17, 15) is 4.79 Å². The topological polar surface area (TPSA) is 48.5 Å². The first-order valence-corrected chi connectivity index (χ1v) is 7.88. The molecule has 21 heavy (non-hydrogen) atoms. The number of piperazine rings is 1. The quantitative estimate of drug-likeness (QED) is 0.893. The van der Waals surface area contributed by atoms with Crippen LogP contribution in [0.1, 0.15) is 30.6 Å². The van der Waals surface area contributed by atoms with Crippen LogP contribution in [0.25, 0.3) is 0 Å². The molecule has 2 atom stereocenters. The van der Waals surface area contributed by atoms with Gasteiger partial charge in [-0.2, -0.15) is 0 Å². The van der Waals surface area contributed by atoms with Gasteiger partial charge < -0.3 is 15.1 Å². The van der Waals surface area contributed by atoms with Gasteiger partial charge in [0.2, 0.25) is 0 Å². The highest BCUT2D eigenvalue weighted by molar-refractivity contribution is 5.95. The first-order chi connectivity index (χ1) is 10.1. The number of rotatable bonds is 2. The van der Waals surface area contributed by atoms with E-state index in [4.69, 9.17) is 0 Å². The van der Waals surface area contributed by atoms with Crippen molar-refractivity contribution in [2.75, 3.05) is 37.6 Å². The van der Waals surface area contributed by atoms with Gasteiger partial charge >= 0.3 is 0 Å². The summed E-state index contributed by atoms with van der Waals surface area (Å²) in [4.78, 5) is 21.4. The SMILES string of the molecule is CC1CCN(c2cc(C(=O)N3CCNC[C@@H]3C)ccn2)C1. The molecular formula is C16H24N4O. The second-order valence-corrected chi connectivity index (χ2v) is 6.29. The van der Waals surface area contributed by atoms with Gasteiger partial charge in [0.15, 0.2) is 0 Å². The monoisotopic (exact) mass is 288 g/mol. The van der Waals surface area contributed by atoms with Gasteiger partial charge in [0, 0.05) is 50.5 Å². The van der Waals surface area contributed by atoms with Crippen LogP contribution < -0.4 is 10.2 Å². The van der Waals surface area contributed by atoms with E-state index in [1.54, 1.807) is 6.20 Å². The third kappa shape index (κ3) is 3.02. The van der Waals surface area contributed by atoms with Gasteiger partial charge in [0.1, 0.15) is 5.82 Å². The lowest BCUT2D eigenvalue weighted by Gasteiger charge is -2.34. The van der Waals surface area contributed by atoms with Gasteiger partial charge in [-0.05, 0) is 31.4 Å². The van der Waals surface area contributed by atoms with Gasteiger partial charge in [0.05, 0.1) is 0 Å². The number of pyridine rings is 1. The summed E-state index contributed by atoms with van der Waals surface area (Å²) in [5.74, 6) is 1.77. The molecule has 0 spiro atoms. The van der Waals surface area contributed by atoms with Gasteiger partial charge in [-0.1, -0.05) is 6.92 Å². The van der Waals surface area contributed by atoms with Crippen molar-refractivity contribution in [3.63, 3.8) is 0 Å². The van der Waals surface area contributed by atoms with E-state index in [-0.39, 0.29) is 11.9 Å². The number of hydrogen-bond acceptors (Lipinski definition) is 4. The predicted octanol–water partition coefficient (Wildman–Crippen LogP) is 1.36. The van der Waals surface area contributed by atoms with Crippen molar-refractivity contribution in [3.05, 3.63) is 23.9 Å². The van der Waals surface area contributed by atoms with E-state index in [0.717, 1.165) is 44.1 Å². The molecular weight excluding hydrogens is 264 g/mol. The Bertz CT molecular complexity index is 519. The molecule has 0 aromatic carbocycles. The Morgan fingerprint density at radius 3 is 2.95 bits per heavy atom. The van der Waals surface area contributed by atoms with Crippen molar-refractivity contribution in [1.29, 1.82) is 0 Å². The second-order valence-electron chi connectivity index (χ2n) is 6.29. The summed E-state index contributed by atoms with van der Waals surface area (Å²) in [6.07, 6.45) is 2.97. The molecule has 0 aliphatic carbocycles. The number of nitrogens with zero attached hydrogens (tertiary/aromatic N) is 3. The summed E-state index contributed by atoms with van der Waals surface area (Å²) in [5.41, 5.74) is 0.758. The van der Waals surface area contributed by atoms with Crippen molar-refractivity contribution in [2.24, 2.45) is 5.92 Å². The van der Waals surface area contributed by atoms with E-state index in [1.807, 2.05) is 17.0 Å². The van der Waals surface area contributed by atoms with Crippen LogP contribution in [0.15, 0.2) is 18.3 Å². The van der Waals surface area contributed by atoms with Crippen LogP contribution in [0.4, 0.5) is 5.82 Å². The largest absolute Gasteiger partial charge is 0.356 e. The van der Waals surface area contributed by atoms with Crippen LogP contribution in [0.2, 0.25) is 0 Å². The minimum Gasteiger partial charge on any atom is -0.356 e. The molecule has 2 aliphatic rings.